The highest BCUT2D eigenvalue weighted by molar-refractivity contribution is 5.79. The summed E-state index contributed by atoms with van der Waals surface area (Å²) in [5, 5.41) is 17.2. The van der Waals surface area contributed by atoms with Crippen LogP contribution in [0.15, 0.2) is 24.3 Å². The monoisotopic (exact) mass is 335 g/mol. The number of β-amino-alcohol motifs (C(OH)–C–C–N with tert-alkyl or cyclic N) is 1. The molecule has 0 radical (unpaired) electrons. The SMILES string of the molecule is Cc1cc(C[C@@H]2CN(C(=O)Cc3ccc(F)cc3F)C[C@H]2O)n[nH]1. The van der Waals surface area contributed by atoms with E-state index in [1.807, 2.05) is 13.0 Å². The first-order chi connectivity index (χ1) is 11.4. The van der Waals surface area contributed by atoms with E-state index in [9.17, 15) is 18.7 Å². The number of hydrogen-bond donors (Lipinski definition) is 2. The van der Waals surface area contributed by atoms with Crippen LogP contribution in [0, 0.1) is 24.5 Å². The smallest absolute Gasteiger partial charge is 0.227 e. The van der Waals surface area contributed by atoms with Crippen molar-refractivity contribution in [2.45, 2.75) is 25.9 Å². The highest BCUT2D eigenvalue weighted by atomic mass is 19.1. The molecule has 1 fully saturated rings. The van der Waals surface area contributed by atoms with Gasteiger partial charge in [0.1, 0.15) is 11.6 Å². The normalized spacial score (nSPS) is 20.6. The van der Waals surface area contributed by atoms with Crippen LogP contribution in [-0.2, 0) is 17.6 Å². The van der Waals surface area contributed by atoms with Gasteiger partial charge in [-0.05, 0) is 31.0 Å². The van der Waals surface area contributed by atoms with E-state index in [4.69, 9.17) is 0 Å². The fourth-order valence-electron chi connectivity index (χ4n) is 3.05. The van der Waals surface area contributed by atoms with Crippen molar-refractivity contribution >= 4 is 5.91 Å². The molecule has 128 valence electrons. The van der Waals surface area contributed by atoms with Crippen molar-refractivity contribution in [2.75, 3.05) is 13.1 Å². The third kappa shape index (κ3) is 3.62. The van der Waals surface area contributed by atoms with Crippen molar-refractivity contribution in [1.29, 1.82) is 0 Å². The number of likely N-dealkylation sites (tertiary alicyclic amines) is 1. The summed E-state index contributed by atoms with van der Waals surface area (Å²) in [6, 6.07) is 5.08. The van der Waals surface area contributed by atoms with Crippen LogP contribution in [0.5, 0.6) is 0 Å². The average molecular weight is 335 g/mol. The quantitative estimate of drug-likeness (QED) is 0.892. The molecule has 7 heteroatoms. The Morgan fingerprint density at radius 2 is 2.17 bits per heavy atom. The molecule has 1 aliphatic rings. The van der Waals surface area contributed by atoms with Gasteiger partial charge in [-0.3, -0.25) is 9.89 Å². The molecule has 2 heterocycles. The van der Waals surface area contributed by atoms with Gasteiger partial charge in [0, 0.05) is 30.8 Å². The molecule has 2 N–H and O–H groups in total. The number of aryl methyl sites for hydroxylation is 1. The third-order valence-electron chi connectivity index (χ3n) is 4.35. The van der Waals surface area contributed by atoms with Crippen molar-refractivity contribution in [3.05, 3.63) is 52.9 Å². The number of nitrogens with one attached hydrogen (secondary N) is 1. The van der Waals surface area contributed by atoms with E-state index in [2.05, 4.69) is 10.2 Å². The number of amides is 1. The molecule has 2 aromatic rings. The van der Waals surface area contributed by atoms with Gasteiger partial charge < -0.3 is 10.0 Å². The molecular weight excluding hydrogens is 316 g/mol. The first-order valence-corrected chi connectivity index (χ1v) is 7.83. The molecule has 0 unspecified atom stereocenters. The Kier molecular flexibility index (Phi) is 4.62. The molecule has 1 aromatic heterocycles. The standard InChI is InChI=1S/C17H19F2N3O2/c1-10-4-14(21-20-10)5-12-8-22(9-16(12)23)17(24)6-11-2-3-13(18)7-15(11)19/h2-4,7,12,16,23H,5-6,8-9H2,1H3,(H,20,21)/t12-,16-/m1/s1. The number of carbonyl (C=O) groups is 1. The van der Waals surface area contributed by atoms with Gasteiger partial charge in [-0.25, -0.2) is 8.78 Å². The molecule has 1 aliphatic heterocycles. The summed E-state index contributed by atoms with van der Waals surface area (Å²) in [5.41, 5.74) is 1.94. The number of aliphatic hydroxyl groups is 1. The number of halogens is 2. The van der Waals surface area contributed by atoms with Crippen LogP contribution in [-0.4, -0.2) is 45.3 Å². The van der Waals surface area contributed by atoms with Gasteiger partial charge in [0.25, 0.3) is 0 Å². The van der Waals surface area contributed by atoms with E-state index in [1.54, 1.807) is 0 Å². The minimum atomic E-state index is -0.730. The second-order valence-corrected chi connectivity index (χ2v) is 6.29. The van der Waals surface area contributed by atoms with Crippen molar-refractivity contribution in [3.8, 4) is 0 Å². The maximum Gasteiger partial charge on any atom is 0.227 e. The van der Waals surface area contributed by atoms with Crippen LogP contribution in [0.1, 0.15) is 17.0 Å². The Morgan fingerprint density at radius 1 is 1.38 bits per heavy atom. The molecule has 0 spiro atoms. The lowest BCUT2D eigenvalue weighted by atomic mass is 10.0. The number of rotatable bonds is 4. The van der Waals surface area contributed by atoms with Crippen LogP contribution < -0.4 is 0 Å². The molecule has 2 atom stereocenters. The van der Waals surface area contributed by atoms with E-state index in [1.165, 1.54) is 11.0 Å². The Balaban J connectivity index is 1.62. The second-order valence-electron chi connectivity index (χ2n) is 6.29. The molecular formula is C17H19F2N3O2. The van der Waals surface area contributed by atoms with Gasteiger partial charge in [-0.1, -0.05) is 6.07 Å². The summed E-state index contributed by atoms with van der Waals surface area (Å²) < 4.78 is 26.6. The van der Waals surface area contributed by atoms with E-state index < -0.39 is 17.7 Å². The van der Waals surface area contributed by atoms with Crippen LogP contribution >= 0.6 is 0 Å². The molecule has 0 saturated carbocycles. The second kappa shape index (κ2) is 6.68. The molecule has 1 saturated heterocycles. The number of carbonyl (C=O) groups excluding carboxylic acids is 1. The van der Waals surface area contributed by atoms with Crippen molar-refractivity contribution in [3.63, 3.8) is 0 Å². The van der Waals surface area contributed by atoms with Gasteiger partial charge >= 0.3 is 0 Å². The van der Waals surface area contributed by atoms with Gasteiger partial charge in [0.05, 0.1) is 18.2 Å². The molecule has 5 nitrogen and oxygen atoms in total. The Morgan fingerprint density at radius 3 is 2.83 bits per heavy atom. The molecule has 3 rings (SSSR count). The number of hydrogen-bond acceptors (Lipinski definition) is 3. The average Bonchev–Trinajstić information content (AvgIpc) is 3.09. The minimum Gasteiger partial charge on any atom is -0.391 e. The lowest BCUT2D eigenvalue weighted by molar-refractivity contribution is -0.129. The van der Waals surface area contributed by atoms with Crippen LogP contribution in [0.4, 0.5) is 8.78 Å². The Labute approximate surface area is 138 Å². The first kappa shape index (κ1) is 16.6. The van der Waals surface area contributed by atoms with Crippen LogP contribution in [0.25, 0.3) is 0 Å². The van der Waals surface area contributed by atoms with Crippen molar-refractivity contribution in [1.82, 2.24) is 15.1 Å². The Bertz CT molecular complexity index is 747. The number of aromatic nitrogens is 2. The fourth-order valence-corrected chi connectivity index (χ4v) is 3.05. The molecule has 24 heavy (non-hydrogen) atoms. The van der Waals surface area contributed by atoms with Crippen LogP contribution in [0.2, 0.25) is 0 Å². The summed E-state index contributed by atoms with van der Waals surface area (Å²) in [6.45, 7) is 2.51. The topological polar surface area (TPSA) is 69.2 Å². The van der Waals surface area contributed by atoms with Crippen molar-refractivity contribution in [2.24, 2.45) is 5.92 Å². The number of H-pyrrole nitrogens is 1. The first-order valence-electron chi connectivity index (χ1n) is 7.83. The predicted octanol–water partition coefficient (Wildman–Crippen LogP) is 1.60. The maximum absolute atomic E-state index is 13.7. The number of aromatic amines is 1. The summed E-state index contributed by atoms with van der Waals surface area (Å²) in [7, 11) is 0. The number of nitrogens with zero attached hydrogens (tertiary/aromatic N) is 2. The number of benzene rings is 1. The zero-order chi connectivity index (χ0) is 17.3. The molecule has 1 amide bonds. The maximum atomic E-state index is 13.7. The lowest BCUT2D eigenvalue weighted by Gasteiger charge is -2.16. The van der Waals surface area contributed by atoms with E-state index in [-0.39, 0.29) is 30.4 Å². The fraction of sp³-hybridized carbons (Fsp3) is 0.412. The molecule has 0 aliphatic carbocycles. The highest BCUT2D eigenvalue weighted by Crippen LogP contribution is 2.22. The van der Waals surface area contributed by atoms with Crippen LogP contribution in [0.3, 0.4) is 0 Å². The summed E-state index contributed by atoms with van der Waals surface area (Å²) in [5.74, 6) is -1.78. The van der Waals surface area contributed by atoms with E-state index in [0.717, 1.165) is 23.5 Å². The molecule has 0 bridgehead atoms. The lowest BCUT2D eigenvalue weighted by Crippen LogP contribution is -2.31. The third-order valence-corrected chi connectivity index (χ3v) is 4.35. The van der Waals surface area contributed by atoms with Gasteiger partial charge in [0.2, 0.25) is 5.91 Å². The summed E-state index contributed by atoms with van der Waals surface area (Å²) in [6.07, 6.45) is -0.211. The largest absolute Gasteiger partial charge is 0.391 e. The number of aliphatic hydroxyl groups excluding tert-OH is 1. The zero-order valence-corrected chi connectivity index (χ0v) is 13.3. The molecule has 1 aromatic carbocycles. The zero-order valence-electron chi connectivity index (χ0n) is 13.3. The van der Waals surface area contributed by atoms with Gasteiger partial charge in [-0.2, -0.15) is 5.10 Å². The van der Waals surface area contributed by atoms with E-state index in [0.29, 0.717) is 13.0 Å². The minimum absolute atomic E-state index is 0.102. The summed E-state index contributed by atoms with van der Waals surface area (Å²) in [4.78, 5) is 13.9. The van der Waals surface area contributed by atoms with E-state index >= 15 is 0 Å². The van der Waals surface area contributed by atoms with Gasteiger partial charge in [0.15, 0.2) is 0 Å². The summed E-state index contributed by atoms with van der Waals surface area (Å²) >= 11 is 0. The highest BCUT2D eigenvalue weighted by Gasteiger charge is 2.34. The van der Waals surface area contributed by atoms with Crippen molar-refractivity contribution < 1.29 is 18.7 Å². The van der Waals surface area contributed by atoms with Gasteiger partial charge in [-0.15, -0.1) is 0 Å². The Hall–Kier alpha value is -2.28. The predicted molar refractivity (Wildman–Crippen MR) is 83.2 cm³/mol.